The van der Waals surface area contributed by atoms with Crippen molar-refractivity contribution in [2.75, 3.05) is 41.0 Å². The van der Waals surface area contributed by atoms with Gasteiger partial charge in [0.05, 0.1) is 24.9 Å². The Morgan fingerprint density at radius 3 is 2.61 bits per heavy atom. The number of hydrogen-bond donors (Lipinski definition) is 3. The lowest BCUT2D eigenvalue weighted by molar-refractivity contribution is 0.0612. The van der Waals surface area contributed by atoms with Crippen LogP contribution in [-0.4, -0.2) is 78.7 Å². The molecule has 2 unspecified atom stereocenters. The minimum atomic E-state index is -3.27. The second-order valence-corrected chi connectivity index (χ2v) is 12.3. The molecule has 204 valence electrons. The minimum Gasteiger partial charge on any atom is -0.390 e. The van der Waals surface area contributed by atoms with Crippen molar-refractivity contribution in [3.8, 4) is 0 Å². The smallest absolute Gasteiger partial charge is 0.227 e. The van der Waals surface area contributed by atoms with Crippen LogP contribution in [-0.2, 0) is 10.0 Å². The van der Waals surface area contributed by atoms with Crippen LogP contribution in [0.1, 0.15) is 38.7 Å². The van der Waals surface area contributed by atoms with Gasteiger partial charge in [-0.25, -0.2) is 27.5 Å². The molecular formula is C26H34FN7O3S. The number of aliphatic hydroxyl groups excluding tert-OH is 1. The van der Waals surface area contributed by atoms with Crippen molar-refractivity contribution in [2.24, 2.45) is 0 Å². The zero-order valence-corrected chi connectivity index (χ0v) is 22.8. The normalized spacial score (nSPS) is 24.1. The Bertz CT molecular complexity index is 1440. The topological polar surface area (TPSA) is 124 Å². The number of anilines is 4. The molecule has 2 aliphatic heterocycles. The first kappa shape index (κ1) is 26.5. The molecule has 4 heterocycles. The summed E-state index contributed by atoms with van der Waals surface area (Å²) in [5.41, 5.74) is 2.19. The van der Waals surface area contributed by atoms with Crippen molar-refractivity contribution in [1.29, 1.82) is 0 Å². The molecule has 1 aromatic carbocycles. The van der Waals surface area contributed by atoms with Gasteiger partial charge in [0.1, 0.15) is 17.8 Å². The summed E-state index contributed by atoms with van der Waals surface area (Å²) in [6, 6.07) is 7.82. The molecule has 2 fully saturated rings. The number of hydrogen-bond acceptors (Lipinski definition) is 9. The van der Waals surface area contributed by atoms with Crippen LogP contribution in [0.4, 0.5) is 27.7 Å². The molecule has 3 aromatic rings. The summed E-state index contributed by atoms with van der Waals surface area (Å²) in [6.45, 7) is 7.42. The Labute approximate surface area is 222 Å². The summed E-state index contributed by atoms with van der Waals surface area (Å²) in [5, 5.41) is 15.0. The summed E-state index contributed by atoms with van der Waals surface area (Å²) >= 11 is 0. The third-order valence-electron chi connectivity index (χ3n) is 7.36. The predicted octanol–water partition coefficient (Wildman–Crippen LogP) is 2.93. The molecule has 12 heteroatoms. The fourth-order valence-corrected chi connectivity index (χ4v) is 6.00. The van der Waals surface area contributed by atoms with Crippen LogP contribution in [0.5, 0.6) is 0 Å². The molecule has 2 saturated heterocycles. The first-order valence-corrected chi connectivity index (χ1v) is 14.7. The van der Waals surface area contributed by atoms with E-state index in [1.165, 1.54) is 11.8 Å². The minimum absolute atomic E-state index is 0.00915. The molecule has 3 N–H and O–H groups in total. The largest absolute Gasteiger partial charge is 0.390 e. The zero-order valence-electron chi connectivity index (χ0n) is 22.0. The molecule has 0 radical (unpaired) electrons. The third kappa shape index (κ3) is 5.38. The van der Waals surface area contributed by atoms with Gasteiger partial charge in [-0.1, -0.05) is 19.9 Å². The van der Waals surface area contributed by atoms with E-state index >= 15 is 0 Å². The van der Waals surface area contributed by atoms with Crippen molar-refractivity contribution in [1.82, 2.24) is 19.7 Å². The highest BCUT2D eigenvalue weighted by Gasteiger charge is 2.38. The Hall–Kier alpha value is -3.09. The Morgan fingerprint density at radius 2 is 1.92 bits per heavy atom. The van der Waals surface area contributed by atoms with Crippen molar-refractivity contribution in [2.45, 2.75) is 57.5 Å². The summed E-state index contributed by atoms with van der Waals surface area (Å²) < 4.78 is 40.1. The number of nitrogens with one attached hydrogen (secondary N) is 2. The monoisotopic (exact) mass is 543 g/mol. The average molecular weight is 544 g/mol. The lowest BCUT2D eigenvalue weighted by atomic mass is 9.92. The first-order valence-electron chi connectivity index (χ1n) is 12.8. The van der Waals surface area contributed by atoms with E-state index in [0.29, 0.717) is 37.1 Å². The molecule has 38 heavy (non-hydrogen) atoms. The van der Waals surface area contributed by atoms with Crippen molar-refractivity contribution >= 4 is 44.1 Å². The standard InChI is InChI=1S/C26H34FN7O3S/c1-15(2)17-5-6-22(34-14-21(16(34)3)32-38(4,36)37)19-12-29-25(11-18(17)19)30-24-7-9-28-26(31-24)33-10-8-23(35)20(27)13-33/h5-7,9,11-12,15-16,20-21,23,32,35H,8,10,13-14H2,1-4H3,(H,28,29,30,31)/t16-,20?,21+,23?/m1/s1. The second-order valence-electron chi connectivity index (χ2n) is 10.5. The number of sulfonamides is 1. The molecule has 0 amide bonds. The molecule has 0 spiro atoms. The average Bonchev–Trinajstić information content (AvgIpc) is 2.86. The maximum atomic E-state index is 14.0. The highest BCUT2D eigenvalue weighted by atomic mass is 32.2. The number of fused-ring (bicyclic) bond motifs is 1. The molecule has 2 aliphatic rings. The predicted molar refractivity (Wildman–Crippen MR) is 147 cm³/mol. The lowest BCUT2D eigenvalue weighted by Crippen LogP contribution is -2.65. The van der Waals surface area contributed by atoms with Crippen molar-refractivity contribution in [3.63, 3.8) is 0 Å². The van der Waals surface area contributed by atoms with E-state index < -0.39 is 22.3 Å². The van der Waals surface area contributed by atoms with Crippen LogP contribution in [0.15, 0.2) is 36.7 Å². The highest BCUT2D eigenvalue weighted by Crippen LogP contribution is 2.38. The van der Waals surface area contributed by atoms with Crippen LogP contribution < -0.4 is 19.8 Å². The summed E-state index contributed by atoms with van der Waals surface area (Å²) in [5.74, 6) is 1.84. The Kier molecular flexibility index (Phi) is 7.14. The van der Waals surface area contributed by atoms with Gasteiger partial charge in [0.15, 0.2) is 0 Å². The maximum Gasteiger partial charge on any atom is 0.227 e. The maximum absolute atomic E-state index is 14.0. The molecule has 0 bridgehead atoms. The van der Waals surface area contributed by atoms with Crippen molar-refractivity contribution in [3.05, 3.63) is 42.2 Å². The lowest BCUT2D eigenvalue weighted by Gasteiger charge is -2.48. The Balaban J connectivity index is 1.41. The van der Waals surface area contributed by atoms with Crippen LogP contribution in [0.2, 0.25) is 0 Å². The Morgan fingerprint density at radius 1 is 1.13 bits per heavy atom. The van der Waals surface area contributed by atoms with E-state index in [9.17, 15) is 17.9 Å². The molecule has 0 saturated carbocycles. The number of halogens is 1. The van der Waals surface area contributed by atoms with Crippen molar-refractivity contribution < 1.29 is 17.9 Å². The van der Waals surface area contributed by atoms with Crippen LogP contribution >= 0.6 is 0 Å². The molecular weight excluding hydrogens is 509 g/mol. The van der Waals surface area contributed by atoms with E-state index in [-0.39, 0.29) is 24.5 Å². The second kappa shape index (κ2) is 10.2. The number of aromatic nitrogens is 3. The van der Waals surface area contributed by atoms with Gasteiger partial charge < -0.3 is 20.2 Å². The van der Waals surface area contributed by atoms with E-state index in [1.807, 2.05) is 19.2 Å². The van der Waals surface area contributed by atoms with E-state index in [1.54, 1.807) is 17.2 Å². The van der Waals surface area contributed by atoms with E-state index in [4.69, 9.17) is 0 Å². The SMILES string of the molecule is CC(C)c1ccc(N2C[C@H](NS(C)(=O)=O)[C@H]2C)c2cnc(Nc3ccnc(N4CCC(O)C(F)C4)n3)cc12. The number of pyridine rings is 1. The summed E-state index contributed by atoms with van der Waals surface area (Å²) in [4.78, 5) is 17.4. The highest BCUT2D eigenvalue weighted by molar-refractivity contribution is 7.88. The fraction of sp³-hybridized carbons (Fsp3) is 0.500. The van der Waals surface area contributed by atoms with Gasteiger partial charge in [-0.2, -0.15) is 4.98 Å². The van der Waals surface area contributed by atoms with Crippen LogP contribution in [0.3, 0.4) is 0 Å². The van der Waals surface area contributed by atoms with Gasteiger partial charge in [0, 0.05) is 42.6 Å². The molecule has 0 aliphatic carbocycles. The number of piperidine rings is 1. The number of rotatable bonds is 7. The van der Waals surface area contributed by atoms with E-state index in [0.717, 1.165) is 16.5 Å². The van der Waals surface area contributed by atoms with Gasteiger partial charge >= 0.3 is 0 Å². The summed E-state index contributed by atoms with van der Waals surface area (Å²) in [7, 11) is -3.27. The molecule has 10 nitrogen and oxygen atoms in total. The van der Waals surface area contributed by atoms with E-state index in [2.05, 4.69) is 55.9 Å². The van der Waals surface area contributed by atoms with Gasteiger partial charge in [0.25, 0.3) is 0 Å². The fourth-order valence-electron chi connectivity index (χ4n) is 5.18. The quantitative estimate of drug-likeness (QED) is 0.413. The molecule has 5 rings (SSSR count). The third-order valence-corrected chi connectivity index (χ3v) is 8.10. The number of alkyl halides is 1. The van der Waals surface area contributed by atoms with Gasteiger partial charge in [-0.15, -0.1) is 0 Å². The number of benzene rings is 1. The zero-order chi connectivity index (χ0) is 27.2. The number of nitrogens with zero attached hydrogens (tertiary/aromatic N) is 5. The van der Waals surface area contributed by atoms with Gasteiger partial charge in [0.2, 0.25) is 16.0 Å². The van der Waals surface area contributed by atoms with Crippen LogP contribution in [0.25, 0.3) is 10.8 Å². The molecule has 2 aromatic heterocycles. The number of aliphatic hydroxyl groups is 1. The first-order chi connectivity index (χ1) is 18.0. The molecule has 4 atom stereocenters. The summed E-state index contributed by atoms with van der Waals surface area (Å²) in [6.07, 6.45) is 2.69. The van der Waals surface area contributed by atoms with Crippen LogP contribution in [0, 0.1) is 0 Å². The van der Waals surface area contributed by atoms with Gasteiger partial charge in [-0.05, 0) is 48.4 Å². The van der Waals surface area contributed by atoms with Gasteiger partial charge in [-0.3, -0.25) is 0 Å².